The Labute approximate surface area is 126 Å². The van der Waals surface area contributed by atoms with E-state index in [1.54, 1.807) is 0 Å². The molecular weight excluding hydrogens is 264 g/mol. The Morgan fingerprint density at radius 3 is 3.00 bits per heavy atom. The van der Waals surface area contributed by atoms with Gasteiger partial charge in [0.1, 0.15) is 6.04 Å². The monoisotopic (exact) mass is 288 g/mol. The van der Waals surface area contributed by atoms with E-state index in [0.29, 0.717) is 6.04 Å². The lowest BCUT2D eigenvalue weighted by Gasteiger charge is -2.32. The Morgan fingerprint density at radius 1 is 1.43 bits per heavy atom. The number of anilines is 1. The normalized spacial score (nSPS) is 19.0. The van der Waals surface area contributed by atoms with Crippen LogP contribution in [0.25, 0.3) is 0 Å². The van der Waals surface area contributed by atoms with Crippen LogP contribution in [0.2, 0.25) is 0 Å². The minimum Gasteiger partial charge on any atom is -0.468 e. The number of fused-ring (bicyclic) bond motifs is 1. The van der Waals surface area contributed by atoms with E-state index < -0.39 is 0 Å². The summed E-state index contributed by atoms with van der Waals surface area (Å²) in [6.45, 7) is 1.98. The number of nitrogens with one attached hydrogen (secondary N) is 1. The molecule has 1 heterocycles. The number of nitrogens with zero attached hydrogens (tertiary/aromatic N) is 1. The molecule has 0 amide bonds. The molecule has 1 fully saturated rings. The zero-order valence-corrected chi connectivity index (χ0v) is 12.7. The molecule has 4 heteroatoms. The summed E-state index contributed by atoms with van der Waals surface area (Å²) in [5, 5.41) is 3.40. The van der Waals surface area contributed by atoms with Gasteiger partial charge < -0.3 is 15.0 Å². The number of esters is 1. The molecule has 0 aromatic heterocycles. The summed E-state index contributed by atoms with van der Waals surface area (Å²) < 4.78 is 4.93. The van der Waals surface area contributed by atoms with Crippen LogP contribution >= 0.6 is 0 Å². The van der Waals surface area contributed by atoms with Crippen molar-refractivity contribution in [3.63, 3.8) is 0 Å². The van der Waals surface area contributed by atoms with Crippen molar-refractivity contribution in [2.24, 2.45) is 0 Å². The molecule has 0 saturated heterocycles. The fourth-order valence-corrected chi connectivity index (χ4v) is 3.07. The van der Waals surface area contributed by atoms with Crippen molar-refractivity contribution in [1.29, 1.82) is 0 Å². The minimum atomic E-state index is -0.170. The van der Waals surface area contributed by atoms with E-state index in [2.05, 4.69) is 34.5 Å². The molecule has 1 N–H and O–H groups in total. The van der Waals surface area contributed by atoms with E-state index in [0.717, 1.165) is 25.9 Å². The van der Waals surface area contributed by atoms with Gasteiger partial charge in [0, 0.05) is 24.8 Å². The van der Waals surface area contributed by atoms with Crippen LogP contribution in [0.1, 0.15) is 31.2 Å². The van der Waals surface area contributed by atoms with Crippen LogP contribution in [0.4, 0.5) is 5.69 Å². The lowest BCUT2D eigenvalue weighted by Crippen LogP contribution is -2.42. The maximum absolute atomic E-state index is 11.9. The first kappa shape index (κ1) is 14.4. The molecule has 1 saturated carbocycles. The number of ether oxygens (including phenoxy) is 1. The third-order valence-electron chi connectivity index (χ3n) is 4.39. The van der Waals surface area contributed by atoms with Gasteiger partial charge in [0.2, 0.25) is 0 Å². The summed E-state index contributed by atoms with van der Waals surface area (Å²) in [6.07, 6.45) is 5.51. The molecule has 0 spiro atoms. The van der Waals surface area contributed by atoms with Gasteiger partial charge in [0.25, 0.3) is 0 Å². The number of methoxy groups -OCH3 is 1. The molecule has 1 aliphatic carbocycles. The summed E-state index contributed by atoms with van der Waals surface area (Å²) >= 11 is 0. The molecule has 1 unspecified atom stereocenters. The first-order valence-electron chi connectivity index (χ1n) is 7.94. The van der Waals surface area contributed by atoms with Crippen LogP contribution in [-0.4, -0.2) is 38.3 Å². The molecule has 1 aromatic carbocycles. The molecule has 1 aliphatic heterocycles. The third kappa shape index (κ3) is 3.56. The van der Waals surface area contributed by atoms with Gasteiger partial charge in [-0.1, -0.05) is 18.2 Å². The van der Waals surface area contributed by atoms with E-state index in [1.807, 2.05) is 0 Å². The second-order valence-electron chi connectivity index (χ2n) is 6.02. The maximum atomic E-state index is 11.9. The highest BCUT2D eigenvalue weighted by atomic mass is 16.5. The van der Waals surface area contributed by atoms with Gasteiger partial charge in [0.05, 0.1) is 7.11 Å². The molecule has 21 heavy (non-hydrogen) atoms. The predicted molar refractivity (Wildman–Crippen MR) is 83.6 cm³/mol. The summed E-state index contributed by atoms with van der Waals surface area (Å²) in [6, 6.07) is 8.95. The zero-order chi connectivity index (χ0) is 14.7. The quantitative estimate of drug-likeness (QED) is 0.814. The van der Waals surface area contributed by atoms with Crippen molar-refractivity contribution in [1.82, 2.24) is 5.32 Å². The zero-order valence-electron chi connectivity index (χ0n) is 12.7. The lowest BCUT2D eigenvalue weighted by atomic mass is 10.0. The molecule has 0 radical (unpaired) electrons. The van der Waals surface area contributed by atoms with E-state index in [9.17, 15) is 4.79 Å². The molecule has 114 valence electrons. The van der Waals surface area contributed by atoms with Crippen LogP contribution in [0.5, 0.6) is 0 Å². The van der Waals surface area contributed by atoms with E-state index in [-0.39, 0.29) is 12.0 Å². The van der Waals surface area contributed by atoms with Crippen molar-refractivity contribution >= 4 is 11.7 Å². The highest BCUT2D eigenvalue weighted by Crippen LogP contribution is 2.27. The van der Waals surface area contributed by atoms with Crippen LogP contribution < -0.4 is 10.2 Å². The Balaban J connectivity index is 1.62. The first-order chi connectivity index (χ1) is 10.3. The fourth-order valence-electron chi connectivity index (χ4n) is 3.07. The Hall–Kier alpha value is -1.55. The van der Waals surface area contributed by atoms with Crippen molar-refractivity contribution in [3.8, 4) is 0 Å². The second-order valence-corrected chi connectivity index (χ2v) is 6.02. The van der Waals surface area contributed by atoms with Gasteiger partial charge >= 0.3 is 5.97 Å². The fraction of sp³-hybridized carbons (Fsp3) is 0.588. The van der Waals surface area contributed by atoms with Crippen LogP contribution in [-0.2, 0) is 16.0 Å². The average molecular weight is 288 g/mol. The smallest absolute Gasteiger partial charge is 0.322 e. The Morgan fingerprint density at radius 2 is 2.24 bits per heavy atom. The predicted octanol–water partition coefficient (Wildman–Crippen LogP) is 2.12. The van der Waals surface area contributed by atoms with E-state index >= 15 is 0 Å². The summed E-state index contributed by atoms with van der Waals surface area (Å²) in [5.74, 6) is -0.132. The number of aryl methyl sites for hydroxylation is 1. The van der Waals surface area contributed by atoms with E-state index in [1.165, 1.54) is 37.6 Å². The van der Waals surface area contributed by atoms with Gasteiger partial charge in [0.15, 0.2) is 0 Å². The standard InChI is InChI=1S/C17H24N2O2/c1-21-17(20)15(18-14-8-9-14)10-12-19-11-4-6-13-5-2-3-7-16(13)19/h2-3,5,7,14-15,18H,4,6,8-12H2,1H3. The molecule has 1 aromatic rings. The van der Waals surface area contributed by atoms with Crippen LogP contribution in [0.15, 0.2) is 24.3 Å². The SMILES string of the molecule is COC(=O)C(CCN1CCCc2ccccc21)NC1CC1. The van der Waals surface area contributed by atoms with Crippen LogP contribution in [0, 0.1) is 0 Å². The van der Waals surface area contributed by atoms with Crippen molar-refractivity contribution in [3.05, 3.63) is 29.8 Å². The van der Waals surface area contributed by atoms with Crippen molar-refractivity contribution in [2.75, 3.05) is 25.1 Å². The number of rotatable bonds is 6. The number of carbonyl (C=O) groups excluding carboxylic acids is 1. The largest absolute Gasteiger partial charge is 0.468 e. The minimum absolute atomic E-state index is 0.132. The highest BCUT2D eigenvalue weighted by Gasteiger charge is 2.29. The molecular formula is C17H24N2O2. The van der Waals surface area contributed by atoms with Gasteiger partial charge in [-0.2, -0.15) is 0 Å². The number of benzene rings is 1. The molecule has 1 atom stereocenters. The molecule has 4 nitrogen and oxygen atoms in total. The maximum Gasteiger partial charge on any atom is 0.322 e. The first-order valence-corrected chi connectivity index (χ1v) is 7.94. The second kappa shape index (κ2) is 6.48. The summed E-state index contributed by atoms with van der Waals surface area (Å²) in [4.78, 5) is 14.3. The van der Waals surface area contributed by atoms with Gasteiger partial charge in [-0.25, -0.2) is 0 Å². The third-order valence-corrected chi connectivity index (χ3v) is 4.39. The molecule has 2 aliphatic rings. The van der Waals surface area contributed by atoms with Crippen LogP contribution in [0.3, 0.4) is 0 Å². The van der Waals surface area contributed by atoms with E-state index in [4.69, 9.17) is 4.74 Å². The number of hydrogen-bond donors (Lipinski definition) is 1. The average Bonchev–Trinajstić information content (AvgIpc) is 3.34. The van der Waals surface area contributed by atoms with Gasteiger partial charge in [-0.15, -0.1) is 0 Å². The lowest BCUT2D eigenvalue weighted by molar-refractivity contribution is -0.143. The number of hydrogen-bond acceptors (Lipinski definition) is 4. The summed E-state index contributed by atoms with van der Waals surface area (Å²) in [5.41, 5.74) is 2.76. The topological polar surface area (TPSA) is 41.6 Å². The molecule has 3 rings (SSSR count). The van der Waals surface area contributed by atoms with Gasteiger partial charge in [-0.3, -0.25) is 4.79 Å². The molecule has 0 bridgehead atoms. The number of carbonyl (C=O) groups is 1. The number of para-hydroxylation sites is 1. The van der Waals surface area contributed by atoms with Gasteiger partial charge in [-0.05, 0) is 43.7 Å². The Bertz CT molecular complexity index is 499. The van der Waals surface area contributed by atoms with Crippen molar-refractivity contribution < 1.29 is 9.53 Å². The van der Waals surface area contributed by atoms with Crippen molar-refractivity contribution in [2.45, 2.75) is 44.2 Å². The summed E-state index contributed by atoms with van der Waals surface area (Å²) in [7, 11) is 1.47. The Kier molecular flexibility index (Phi) is 4.44. The highest BCUT2D eigenvalue weighted by molar-refractivity contribution is 5.75.